The van der Waals surface area contributed by atoms with E-state index in [0.29, 0.717) is 19.4 Å². The third kappa shape index (κ3) is 3.37. The number of carboxylic acids is 1. The van der Waals surface area contributed by atoms with Crippen LogP contribution in [0.1, 0.15) is 33.6 Å². The van der Waals surface area contributed by atoms with Crippen LogP contribution in [-0.4, -0.2) is 65.2 Å². The maximum Gasteiger partial charge on any atom is 0.329 e. The van der Waals surface area contributed by atoms with Crippen LogP contribution in [0.4, 0.5) is 4.79 Å². The third-order valence-electron chi connectivity index (χ3n) is 4.05. The topological polar surface area (TPSA) is 72.9 Å². The van der Waals surface area contributed by atoms with E-state index < -0.39 is 11.5 Å². The van der Waals surface area contributed by atoms with Crippen molar-refractivity contribution in [1.29, 1.82) is 0 Å². The first kappa shape index (κ1) is 15.8. The number of urea groups is 1. The van der Waals surface area contributed by atoms with Gasteiger partial charge in [-0.05, 0) is 26.8 Å². The summed E-state index contributed by atoms with van der Waals surface area (Å²) in [5.41, 5.74) is -1.15. The van der Waals surface area contributed by atoms with Crippen LogP contribution in [0.5, 0.6) is 0 Å². The van der Waals surface area contributed by atoms with Crippen LogP contribution < -0.4 is 5.32 Å². The summed E-state index contributed by atoms with van der Waals surface area (Å²) in [5, 5.41) is 12.1. The Labute approximate surface area is 114 Å². The van der Waals surface area contributed by atoms with Gasteiger partial charge in [-0.25, -0.2) is 9.59 Å². The molecule has 1 fully saturated rings. The minimum Gasteiger partial charge on any atom is -0.480 e. The predicted octanol–water partition coefficient (Wildman–Crippen LogP) is 0.975. The normalized spacial score (nSPS) is 21.3. The van der Waals surface area contributed by atoms with Gasteiger partial charge in [0, 0.05) is 25.7 Å². The fourth-order valence-electron chi connectivity index (χ4n) is 2.50. The zero-order valence-corrected chi connectivity index (χ0v) is 12.3. The summed E-state index contributed by atoms with van der Waals surface area (Å²) in [6.07, 6.45) is 0.763. The minimum atomic E-state index is -1.15. The van der Waals surface area contributed by atoms with Crippen molar-refractivity contribution in [3.63, 3.8) is 0 Å². The molecule has 110 valence electrons. The molecule has 1 aliphatic rings. The van der Waals surface area contributed by atoms with Crippen molar-refractivity contribution in [2.24, 2.45) is 0 Å². The number of amides is 2. The summed E-state index contributed by atoms with van der Waals surface area (Å²) in [6, 6.07) is -0.175. The molecule has 1 rings (SSSR count). The average Bonchev–Trinajstić information content (AvgIpc) is 2.35. The van der Waals surface area contributed by atoms with E-state index in [0.717, 1.165) is 13.1 Å². The molecule has 19 heavy (non-hydrogen) atoms. The Balaban J connectivity index is 2.75. The number of rotatable bonds is 4. The molecule has 2 amide bonds. The van der Waals surface area contributed by atoms with Crippen molar-refractivity contribution in [2.75, 3.05) is 26.7 Å². The van der Waals surface area contributed by atoms with Crippen LogP contribution in [0.2, 0.25) is 0 Å². The lowest BCUT2D eigenvalue weighted by Gasteiger charge is -2.40. The van der Waals surface area contributed by atoms with Crippen LogP contribution >= 0.6 is 0 Å². The van der Waals surface area contributed by atoms with Gasteiger partial charge in [-0.2, -0.15) is 0 Å². The molecule has 1 saturated heterocycles. The average molecular weight is 271 g/mol. The zero-order chi connectivity index (χ0) is 14.6. The second-order valence-corrected chi connectivity index (χ2v) is 5.33. The highest BCUT2D eigenvalue weighted by molar-refractivity contribution is 5.86. The van der Waals surface area contributed by atoms with Gasteiger partial charge in [0.2, 0.25) is 0 Å². The zero-order valence-electron chi connectivity index (χ0n) is 12.3. The van der Waals surface area contributed by atoms with E-state index in [-0.39, 0.29) is 12.1 Å². The van der Waals surface area contributed by atoms with Gasteiger partial charge >= 0.3 is 12.0 Å². The van der Waals surface area contributed by atoms with Gasteiger partial charge in [-0.1, -0.05) is 13.8 Å². The monoisotopic (exact) mass is 271 g/mol. The molecule has 1 heterocycles. The number of nitrogens with one attached hydrogen (secondary N) is 1. The summed E-state index contributed by atoms with van der Waals surface area (Å²) in [4.78, 5) is 27.6. The molecule has 1 atom stereocenters. The molecule has 0 aromatic carbocycles. The lowest BCUT2D eigenvalue weighted by Crippen LogP contribution is -2.62. The Hall–Kier alpha value is -1.30. The molecule has 1 unspecified atom stereocenters. The van der Waals surface area contributed by atoms with Gasteiger partial charge in [-0.15, -0.1) is 0 Å². The standard InChI is InChI=1S/C13H25N3O3/c1-5-13(6-2,11(17)18)14-12(19)16-8-7-15(4)9-10(16)3/h10H,5-9H2,1-4H3,(H,14,19)(H,17,18). The van der Waals surface area contributed by atoms with E-state index in [1.807, 2.05) is 14.0 Å². The second-order valence-electron chi connectivity index (χ2n) is 5.33. The summed E-state index contributed by atoms with van der Waals surface area (Å²) in [6.45, 7) is 7.81. The number of nitrogens with zero attached hydrogens (tertiary/aromatic N) is 2. The van der Waals surface area contributed by atoms with Gasteiger partial charge in [0.15, 0.2) is 0 Å². The number of hydrogen-bond donors (Lipinski definition) is 2. The molecule has 0 radical (unpaired) electrons. The van der Waals surface area contributed by atoms with Gasteiger partial charge in [-0.3, -0.25) is 0 Å². The van der Waals surface area contributed by atoms with Crippen LogP contribution in [-0.2, 0) is 4.79 Å². The second kappa shape index (κ2) is 6.23. The number of likely N-dealkylation sites (N-methyl/N-ethyl adjacent to an activating group) is 1. The molecule has 0 aromatic heterocycles. The quantitative estimate of drug-likeness (QED) is 0.799. The number of carboxylic acid groups (broad SMARTS) is 1. The van der Waals surface area contributed by atoms with Gasteiger partial charge in [0.1, 0.15) is 5.54 Å². The molecule has 0 aliphatic carbocycles. The van der Waals surface area contributed by atoms with Crippen LogP contribution in [0, 0.1) is 0 Å². The predicted molar refractivity (Wildman–Crippen MR) is 73.1 cm³/mol. The van der Waals surface area contributed by atoms with Gasteiger partial charge in [0.25, 0.3) is 0 Å². The largest absolute Gasteiger partial charge is 0.480 e. The Bertz CT molecular complexity index is 342. The number of carbonyl (C=O) groups excluding carboxylic acids is 1. The number of piperazine rings is 1. The maximum absolute atomic E-state index is 12.3. The molecular weight excluding hydrogens is 246 g/mol. The highest BCUT2D eigenvalue weighted by Crippen LogP contribution is 2.17. The maximum atomic E-state index is 12.3. The molecule has 0 aromatic rings. The molecule has 6 heteroatoms. The molecule has 0 spiro atoms. The highest BCUT2D eigenvalue weighted by atomic mass is 16.4. The van der Waals surface area contributed by atoms with E-state index in [4.69, 9.17) is 0 Å². The van der Waals surface area contributed by atoms with Crippen molar-refractivity contribution in [3.8, 4) is 0 Å². The van der Waals surface area contributed by atoms with Crippen LogP contribution in [0.15, 0.2) is 0 Å². The summed E-state index contributed by atoms with van der Waals surface area (Å²) < 4.78 is 0. The van der Waals surface area contributed by atoms with Crippen LogP contribution in [0.3, 0.4) is 0 Å². The highest BCUT2D eigenvalue weighted by Gasteiger charge is 2.38. The van der Waals surface area contributed by atoms with Gasteiger partial charge in [0.05, 0.1) is 0 Å². The fraction of sp³-hybridized carbons (Fsp3) is 0.846. The van der Waals surface area contributed by atoms with Crippen molar-refractivity contribution >= 4 is 12.0 Å². The molecule has 6 nitrogen and oxygen atoms in total. The molecule has 0 saturated carbocycles. The van der Waals surface area contributed by atoms with Gasteiger partial charge < -0.3 is 20.2 Å². The lowest BCUT2D eigenvalue weighted by atomic mass is 9.93. The summed E-state index contributed by atoms with van der Waals surface area (Å²) >= 11 is 0. The van der Waals surface area contributed by atoms with E-state index in [1.54, 1.807) is 18.7 Å². The summed E-state index contributed by atoms with van der Waals surface area (Å²) in [5.74, 6) is -0.965. The lowest BCUT2D eigenvalue weighted by molar-refractivity contribution is -0.144. The Morgan fingerprint density at radius 2 is 1.89 bits per heavy atom. The van der Waals surface area contributed by atoms with E-state index in [1.165, 1.54) is 0 Å². The Kier molecular flexibility index (Phi) is 5.17. The first-order valence-electron chi connectivity index (χ1n) is 6.87. The number of carbonyl (C=O) groups is 2. The fourth-order valence-corrected chi connectivity index (χ4v) is 2.50. The first-order chi connectivity index (χ1) is 8.86. The van der Waals surface area contributed by atoms with E-state index in [9.17, 15) is 14.7 Å². The van der Waals surface area contributed by atoms with E-state index in [2.05, 4.69) is 10.2 Å². The summed E-state index contributed by atoms with van der Waals surface area (Å²) in [7, 11) is 2.02. The van der Waals surface area contributed by atoms with Crippen LogP contribution in [0.25, 0.3) is 0 Å². The van der Waals surface area contributed by atoms with E-state index >= 15 is 0 Å². The number of hydrogen-bond acceptors (Lipinski definition) is 3. The van der Waals surface area contributed by atoms with Crippen molar-refractivity contribution in [1.82, 2.24) is 15.1 Å². The number of aliphatic carboxylic acids is 1. The Morgan fingerprint density at radius 1 is 1.32 bits per heavy atom. The van der Waals surface area contributed by atoms with Crippen molar-refractivity contribution < 1.29 is 14.7 Å². The SMILES string of the molecule is CCC(CC)(NC(=O)N1CCN(C)CC1C)C(=O)O. The first-order valence-corrected chi connectivity index (χ1v) is 6.87. The Morgan fingerprint density at radius 3 is 2.32 bits per heavy atom. The molecule has 1 aliphatic heterocycles. The minimum absolute atomic E-state index is 0.0963. The smallest absolute Gasteiger partial charge is 0.329 e. The van der Waals surface area contributed by atoms with Crippen molar-refractivity contribution in [3.05, 3.63) is 0 Å². The third-order valence-corrected chi connectivity index (χ3v) is 4.05. The molecule has 2 N–H and O–H groups in total. The van der Waals surface area contributed by atoms with Crippen molar-refractivity contribution in [2.45, 2.75) is 45.2 Å². The molecular formula is C13H25N3O3. The molecule has 0 bridgehead atoms.